The van der Waals surface area contributed by atoms with Gasteiger partial charge in [-0.15, -0.1) is 0 Å². The van der Waals surface area contributed by atoms with E-state index >= 15 is 0 Å². The van der Waals surface area contributed by atoms with Gasteiger partial charge < -0.3 is 20.4 Å². The minimum atomic E-state index is 0.135. The van der Waals surface area contributed by atoms with E-state index in [4.69, 9.17) is 0 Å². The number of carbonyl (C=O) groups excluding carboxylic acids is 1. The molecule has 2 N–H and O–H groups in total. The fraction of sp³-hybridized carbons (Fsp3) is 0.667. The molecule has 0 saturated carbocycles. The molecule has 1 aromatic rings. The fourth-order valence-electron chi connectivity index (χ4n) is 2.65. The van der Waals surface area contributed by atoms with Crippen LogP contribution >= 0.6 is 11.8 Å². The van der Waals surface area contributed by atoms with E-state index < -0.39 is 0 Å². The van der Waals surface area contributed by atoms with Gasteiger partial charge in [0, 0.05) is 69.9 Å². The van der Waals surface area contributed by atoms with Crippen molar-refractivity contribution in [1.29, 1.82) is 0 Å². The van der Waals surface area contributed by atoms with Crippen LogP contribution in [0.5, 0.6) is 0 Å². The van der Waals surface area contributed by atoms with Gasteiger partial charge in [-0.3, -0.25) is 9.79 Å². The molecule has 1 aromatic heterocycles. The molecule has 27 heavy (non-hydrogen) atoms. The van der Waals surface area contributed by atoms with Crippen molar-refractivity contribution in [3.63, 3.8) is 0 Å². The maximum absolute atomic E-state index is 12.4. The lowest BCUT2D eigenvalue weighted by atomic mass is 10.2. The highest BCUT2D eigenvalue weighted by Crippen LogP contribution is 2.19. The smallest absolute Gasteiger partial charge is 0.225 e. The van der Waals surface area contributed by atoms with Crippen LogP contribution in [0.15, 0.2) is 23.5 Å². The SMILES string of the molecule is CN=C(NCCC(=O)N1CCN(c2ncccn2)CC1)NCC(C)(C)SC. The van der Waals surface area contributed by atoms with E-state index in [1.165, 1.54) is 0 Å². The quantitative estimate of drug-likeness (QED) is 0.524. The summed E-state index contributed by atoms with van der Waals surface area (Å²) < 4.78 is 0.135. The summed E-state index contributed by atoms with van der Waals surface area (Å²) in [6.07, 6.45) is 6.04. The second kappa shape index (κ2) is 10.3. The van der Waals surface area contributed by atoms with E-state index in [9.17, 15) is 4.79 Å². The van der Waals surface area contributed by atoms with Crippen LogP contribution < -0.4 is 15.5 Å². The maximum atomic E-state index is 12.4. The van der Waals surface area contributed by atoms with Crippen LogP contribution in [-0.2, 0) is 4.79 Å². The van der Waals surface area contributed by atoms with Crippen molar-refractivity contribution in [3.8, 4) is 0 Å². The Morgan fingerprint density at radius 2 is 1.89 bits per heavy atom. The summed E-state index contributed by atoms with van der Waals surface area (Å²) in [4.78, 5) is 29.2. The first-order chi connectivity index (χ1) is 12.9. The first-order valence-electron chi connectivity index (χ1n) is 9.24. The second-order valence-electron chi connectivity index (χ2n) is 6.98. The lowest BCUT2D eigenvalue weighted by Crippen LogP contribution is -2.50. The first-order valence-corrected chi connectivity index (χ1v) is 10.5. The van der Waals surface area contributed by atoms with Crippen molar-refractivity contribution in [3.05, 3.63) is 18.5 Å². The van der Waals surface area contributed by atoms with E-state index in [1.54, 1.807) is 37.3 Å². The third-order valence-corrected chi connectivity index (χ3v) is 5.81. The van der Waals surface area contributed by atoms with E-state index in [1.807, 2.05) is 4.90 Å². The lowest BCUT2D eigenvalue weighted by molar-refractivity contribution is -0.131. The molecule has 0 radical (unpaired) electrons. The van der Waals surface area contributed by atoms with Crippen LogP contribution in [0, 0.1) is 0 Å². The standard InChI is InChI=1S/C18H31N7OS/c1-18(2,27-4)14-23-16(19-3)20-9-6-15(26)24-10-12-25(13-11-24)17-21-7-5-8-22-17/h5,7-8H,6,9-14H2,1-4H3,(H2,19,20,23). The highest BCUT2D eigenvalue weighted by molar-refractivity contribution is 7.99. The van der Waals surface area contributed by atoms with Crippen LogP contribution in [0.4, 0.5) is 5.95 Å². The number of nitrogens with zero attached hydrogens (tertiary/aromatic N) is 5. The minimum Gasteiger partial charge on any atom is -0.356 e. The van der Waals surface area contributed by atoms with Crippen molar-refractivity contribution in [2.75, 3.05) is 57.5 Å². The molecule has 0 aliphatic carbocycles. The molecule has 9 heteroatoms. The zero-order valence-electron chi connectivity index (χ0n) is 16.7. The van der Waals surface area contributed by atoms with Gasteiger partial charge in [0.05, 0.1) is 0 Å². The molecular weight excluding hydrogens is 362 g/mol. The largest absolute Gasteiger partial charge is 0.356 e. The van der Waals surface area contributed by atoms with E-state index in [2.05, 4.69) is 50.6 Å². The van der Waals surface area contributed by atoms with E-state index in [0.29, 0.717) is 26.1 Å². The molecule has 1 fully saturated rings. The Balaban J connectivity index is 1.69. The number of carbonyl (C=O) groups is 1. The summed E-state index contributed by atoms with van der Waals surface area (Å²) in [5.74, 6) is 1.63. The highest BCUT2D eigenvalue weighted by atomic mass is 32.2. The Bertz CT molecular complexity index is 615. The summed E-state index contributed by atoms with van der Waals surface area (Å²) in [5, 5.41) is 6.53. The molecule has 2 heterocycles. The molecule has 1 aliphatic heterocycles. The number of aromatic nitrogens is 2. The predicted molar refractivity (Wildman–Crippen MR) is 112 cm³/mol. The van der Waals surface area contributed by atoms with Gasteiger partial charge in [0.15, 0.2) is 5.96 Å². The number of anilines is 1. The number of guanidine groups is 1. The topological polar surface area (TPSA) is 85.8 Å². The zero-order valence-corrected chi connectivity index (χ0v) is 17.6. The van der Waals surface area contributed by atoms with Crippen molar-refractivity contribution >= 4 is 29.6 Å². The maximum Gasteiger partial charge on any atom is 0.225 e. The third-order valence-electron chi connectivity index (χ3n) is 4.56. The average molecular weight is 394 g/mol. The van der Waals surface area contributed by atoms with Gasteiger partial charge in [-0.1, -0.05) is 0 Å². The van der Waals surface area contributed by atoms with Crippen molar-refractivity contribution in [2.24, 2.45) is 4.99 Å². The van der Waals surface area contributed by atoms with Crippen molar-refractivity contribution < 1.29 is 4.79 Å². The van der Waals surface area contributed by atoms with E-state index in [0.717, 1.165) is 31.5 Å². The fourth-order valence-corrected chi connectivity index (χ4v) is 2.86. The number of amides is 1. The third kappa shape index (κ3) is 6.89. The van der Waals surface area contributed by atoms with Crippen molar-refractivity contribution in [1.82, 2.24) is 25.5 Å². The Kier molecular flexibility index (Phi) is 8.15. The molecule has 1 aliphatic rings. The molecule has 0 atom stereocenters. The summed E-state index contributed by atoms with van der Waals surface area (Å²) >= 11 is 1.81. The van der Waals surface area contributed by atoms with Crippen LogP contribution in [0.25, 0.3) is 0 Å². The minimum absolute atomic E-state index is 0.135. The number of rotatable bonds is 7. The van der Waals surface area contributed by atoms with Gasteiger partial charge in [-0.25, -0.2) is 9.97 Å². The van der Waals surface area contributed by atoms with Gasteiger partial charge in [-0.2, -0.15) is 11.8 Å². The summed E-state index contributed by atoms with van der Waals surface area (Å²) in [7, 11) is 1.74. The molecule has 0 unspecified atom stereocenters. The number of hydrogen-bond donors (Lipinski definition) is 2. The molecule has 0 aromatic carbocycles. The zero-order chi connectivity index (χ0) is 19.7. The second-order valence-corrected chi connectivity index (χ2v) is 8.50. The number of aliphatic imine (C=N–C) groups is 1. The van der Waals surface area contributed by atoms with Gasteiger partial charge in [0.25, 0.3) is 0 Å². The van der Waals surface area contributed by atoms with Gasteiger partial charge in [-0.05, 0) is 26.2 Å². The molecule has 2 rings (SSSR count). The number of nitrogens with one attached hydrogen (secondary N) is 2. The Labute approximate surface area is 166 Å². The van der Waals surface area contributed by atoms with Gasteiger partial charge in [0.2, 0.25) is 11.9 Å². The molecule has 0 spiro atoms. The van der Waals surface area contributed by atoms with Crippen molar-refractivity contribution in [2.45, 2.75) is 25.0 Å². The summed E-state index contributed by atoms with van der Waals surface area (Å²) in [5.41, 5.74) is 0. The summed E-state index contributed by atoms with van der Waals surface area (Å²) in [6.45, 7) is 8.67. The Morgan fingerprint density at radius 1 is 1.22 bits per heavy atom. The van der Waals surface area contributed by atoms with Crippen LogP contribution in [0.2, 0.25) is 0 Å². The Hall–Kier alpha value is -2.03. The molecule has 150 valence electrons. The molecular formula is C18H31N7OS. The predicted octanol–water partition coefficient (Wildman–Crippen LogP) is 0.822. The molecule has 0 bridgehead atoms. The number of hydrogen-bond acceptors (Lipinski definition) is 6. The summed E-state index contributed by atoms with van der Waals surface area (Å²) in [6, 6.07) is 1.81. The lowest BCUT2D eigenvalue weighted by Gasteiger charge is -2.34. The Morgan fingerprint density at radius 3 is 2.48 bits per heavy atom. The van der Waals surface area contributed by atoms with Gasteiger partial charge >= 0.3 is 0 Å². The van der Waals surface area contributed by atoms with Crippen LogP contribution in [0.1, 0.15) is 20.3 Å². The molecule has 8 nitrogen and oxygen atoms in total. The van der Waals surface area contributed by atoms with Crippen LogP contribution in [0.3, 0.4) is 0 Å². The monoisotopic (exact) mass is 393 g/mol. The molecule has 1 saturated heterocycles. The number of piperazine rings is 1. The van der Waals surface area contributed by atoms with Crippen LogP contribution in [-0.4, -0.2) is 84.1 Å². The first kappa shape index (κ1) is 21.3. The number of thioether (sulfide) groups is 1. The average Bonchev–Trinajstić information content (AvgIpc) is 2.71. The normalized spacial score (nSPS) is 15.6. The highest BCUT2D eigenvalue weighted by Gasteiger charge is 2.22. The van der Waals surface area contributed by atoms with E-state index in [-0.39, 0.29) is 10.7 Å². The molecule has 1 amide bonds. The van der Waals surface area contributed by atoms with Gasteiger partial charge in [0.1, 0.15) is 0 Å².